The zero-order valence-corrected chi connectivity index (χ0v) is 20.0. The number of halogens is 2. The summed E-state index contributed by atoms with van der Waals surface area (Å²) < 4.78 is 16.1. The van der Waals surface area contributed by atoms with Crippen molar-refractivity contribution in [1.29, 1.82) is 0 Å². The van der Waals surface area contributed by atoms with E-state index < -0.39 is 17.9 Å². The van der Waals surface area contributed by atoms with E-state index in [4.69, 9.17) is 37.4 Å². The van der Waals surface area contributed by atoms with Crippen LogP contribution in [0.2, 0.25) is 10.0 Å². The van der Waals surface area contributed by atoms with E-state index >= 15 is 0 Å². The lowest BCUT2D eigenvalue weighted by molar-refractivity contribution is -0.139. The minimum atomic E-state index is -0.891. The van der Waals surface area contributed by atoms with Crippen molar-refractivity contribution in [3.8, 4) is 0 Å². The highest BCUT2D eigenvalue weighted by Crippen LogP contribution is 2.43. The maximum absolute atomic E-state index is 13.1. The SMILES string of the molecule is CCOC(=O)C1=C(COCc2nnn(C)n2)NC(C)=C(C(=O)OC)C1c1cccc(Cl)c1Cl. The average molecular weight is 496 g/mol. The third-order valence-electron chi connectivity index (χ3n) is 4.87. The Kier molecular flexibility index (Phi) is 8.06. The molecular weight excluding hydrogens is 473 g/mol. The Morgan fingerprint density at radius 3 is 2.58 bits per heavy atom. The molecule has 1 aromatic carbocycles. The van der Waals surface area contributed by atoms with Gasteiger partial charge in [-0.3, -0.25) is 0 Å². The lowest BCUT2D eigenvalue weighted by Gasteiger charge is -2.31. The molecule has 0 aliphatic carbocycles. The normalized spacial score (nSPS) is 16.0. The molecule has 10 nitrogen and oxygen atoms in total. The standard InChI is InChI=1S/C21H23Cl2N5O5/c1-5-33-21(30)18-14(9-32-10-15-25-27-28(3)26-15)24-11(2)16(20(29)31-4)17(18)12-7-6-8-13(22)19(12)23/h6-8,17,24H,5,9-10H2,1-4H3. The molecule has 1 unspecified atom stereocenters. The predicted octanol–water partition coefficient (Wildman–Crippen LogP) is 2.68. The molecule has 0 fully saturated rings. The molecule has 1 aromatic heterocycles. The van der Waals surface area contributed by atoms with E-state index in [0.717, 1.165) is 0 Å². The first-order chi connectivity index (χ1) is 15.8. The molecule has 1 N–H and O–H groups in total. The maximum atomic E-state index is 13.1. The summed E-state index contributed by atoms with van der Waals surface area (Å²) in [5, 5.41) is 15.3. The Balaban J connectivity index is 2.09. The van der Waals surface area contributed by atoms with Crippen molar-refractivity contribution in [2.75, 3.05) is 20.3 Å². The Morgan fingerprint density at radius 1 is 1.18 bits per heavy atom. The number of carbonyl (C=O) groups excluding carboxylic acids is 2. The fourth-order valence-corrected chi connectivity index (χ4v) is 3.94. The first-order valence-electron chi connectivity index (χ1n) is 9.99. The Hall–Kier alpha value is -2.95. The minimum Gasteiger partial charge on any atom is -0.466 e. The lowest BCUT2D eigenvalue weighted by Crippen LogP contribution is -2.34. The molecule has 0 bridgehead atoms. The second-order valence-corrected chi connectivity index (χ2v) is 7.82. The molecule has 1 aliphatic rings. The van der Waals surface area contributed by atoms with Gasteiger partial charge in [0.05, 0.1) is 60.2 Å². The average Bonchev–Trinajstić information content (AvgIpc) is 3.19. The minimum absolute atomic E-state index is 0.0210. The molecular formula is C21H23Cl2N5O5. The van der Waals surface area contributed by atoms with Crippen LogP contribution >= 0.6 is 23.2 Å². The van der Waals surface area contributed by atoms with Crippen molar-refractivity contribution in [2.24, 2.45) is 7.05 Å². The monoisotopic (exact) mass is 495 g/mol. The van der Waals surface area contributed by atoms with Crippen LogP contribution in [-0.2, 0) is 37.5 Å². The molecule has 1 aliphatic heterocycles. The number of tetrazole rings is 1. The van der Waals surface area contributed by atoms with Crippen LogP contribution in [0.15, 0.2) is 40.7 Å². The van der Waals surface area contributed by atoms with Gasteiger partial charge in [0, 0.05) is 5.70 Å². The van der Waals surface area contributed by atoms with Gasteiger partial charge in [-0.25, -0.2) is 9.59 Å². The molecule has 0 saturated carbocycles. The highest BCUT2D eigenvalue weighted by atomic mass is 35.5. The molecule has 3 rings (SSSR count). The molecule has 0 spiro atoms. The van der Waals surface area contributed by atoms with Gasteiger partial charge in [-0.1, -0.05) is 35.3 Å². The van der Waals surface area contributed by atoms with Gasteiger partial charge < -0.3 is 19.5 Å². The number of esters is 2. The number of dihydropyridines is 1. The molecule has 0 amide bonds. The van der Waals surface area contributed by atoms with Crippen LogP contribution < -0.4 is 5.32 Å². The molecule has 2 heterocycles. The summed E-state index contributed by atoms with van der Waals surface area (Å²) in [6, 6.07) is 5.00. The molecule has 33 heavy (non-hydrogen) atoms. The van der Waals surface area contributed by atoms with E-state index in [9.17, 15) is 9.59 Å². The number of hydrogen-bond acceptors (Lipinski definition) is 9. The van der Waals surface area contributed by atoms with E-state index in [2.05, 4.69) is 20.7 Å². The van der Waals surface area contributed by atoms with E-state index in [1.807, 2.05) is 0 Å². The fraction of sp³-hybridized carbons (Fsp3) is 0.381. The summed E-state index contributed by atoms with van der Waals surface area (Å²) in [5.41, 5.74) is 1.72. The third-order valence-corrected chi connectivity index (χ3v) is 5.70. The van der Waals surface area contributed by atoms with E-state index in [0.29, 0.717) is 22.8 Å². The number of allylic oxidation sites excluding steroid dienone is 1. The molecule has 0 radical (unpaired) electrons. The topological polar surface area (TPSA) is 117 Å². The second-order valence-electron chi connectivity index (χ2n) is 7.03. The smallest absolute Gasteiger partial charge is 0.336 e. The largest absolute Gasteiger partial charge is 0.466 e. The number of nitrogens with zero attached hydrogens (tertiary/aromatic N) is 4. The number of ether oxygens (including phenoxy) is 3. The number of nitrogens with one attached hydrogen (secondary N) is 1. The Labute approximate surface area is 200 Å². The highest BCUT2D eigenvalue weighted by Gasteiger charge is 2.40. The molecule has 176 valence electrons. The van der Waals surface area contributed by atoms with E-state index in [1.54, 1.807) is 39.1 Å². The summed E-state index contributed by atoms with van der Waals surface area (Å²) >= 11 is 12.8. The third kappa shape index (κ3) is 5.35. The zero-order chi connectivity index (χ0) is 24.1. The second kappa shape index (κ2) is 10.8. The fourth-order valence-electron chi connectivity index (χ4n) is 3.52. The van der Waals surface area contributed by atoms with Crippen LogP contribution in [0.3, 0.4) is 0 Å². The van der Waals surface area contributed by atoms with Crippen LogP contribution in [0, 0.1) is 0 Å². The Morgan fingerprint density at radius 2 is 1.94 bits per heavy atom. The number of rotatable bonds is 8. The van der Waals surface area contributed by atoms with Gasteiger partial charge in [0.15, 0.2) is 5.82 Å². The van der Waals surface area contributed by atoms with Crippen LogP contribution in [0.4, 0.5) is 0 Å². The number of aryl methyl sites for hydroxylation is 1. The van der Waals surface area contributed by atoms with Gasteiger partial charge in [-0.15, -0.1) is 10.2 Å². The van der Waals surface area contributed by atoms with Crippen molar-refractivity contribution in [3.05, 3.63) is 62.2 Å². The quantitative estimate of drug-likeness (QED) is 0.551. The number of hydrogen-bond donors (Lipinski definition) is 1. The first kappa shape index (κ1) is 24.7. The van der Waals surface area contributed by atoms with Gasteiger partial charge in [0.2, 0.25) is 0 Å². The van der Waals surface area contributed by atoms with E-state index in [1.165, 1.54) is 11.9 Å². The van der Waals surface area contributed by atoms with Gasteiger partial charge >= 0.3 is 11.9 Å². The van der Waals surface area contributed by atoms with Crippen molar-refractivity contribution < 1.29 is 23.8 Å². The van der Waals surface area contributed by atoms with Crippen molar-refractivity contribution >= 4 is 35.1 Å². The summed E-state index contributed by atoms with van der Waals surface area (Å²) in [4.78, 5) is 27.2. The van der Waals surface area contributed by atoms with Gasteiger partial charge in [-0.2, -0.15) is 4.80 Å². The number of benzene rings is 1. The van der Waals surface area contributed by atoms with Crippen molar-refractivity contribution in [3.63, 3.8) is 0 Å². The van der Waals surface area contributed by atoms with Crippen LogP contribution in [0.5, 0.6) is 0 Å². The number of carbonyl (C=O) groups is 2. The lowest BCUT2D eigenvalue weighted by atomic mass is 9.80. The summed E-state index contributed by atoms with van der Waals surface area (Å²) in [7, 11) is 2.90. The predicted molar refractivity (Wildman–Crippen MR) is 119 cm³/mol. The van der Waals surface area contributed by atoms with Crippen LogP contribution in [0.1, 0.15) is 31.2 Å². The first-order valence-corrected chi connectivity index (χ1v) is 10.7. The zero-order valence-electron chi connectivity index (χ0n) is 18.5. The Bertz CT molecular complexity index is 1130. The highest BCUT2D eigenvalue weighted by molar-refractivity contribution is 6.42. The van der Waals surface area contributed by atoms with Gasteiger partial charge in [0.25, 0.3) is 0 Å². The molecule has 1 atom stereocenters. The number of aromatic nitrogens is 4. The maximum Gasteiger partial charge on any atom is 0.336 e. The molecule has 12 heteroatoms. The van der Waals surface area contributed by atoms with Gasteiger partial charge in [0.1, 0.15) is 6.61 Å². The van der Waals surface area contributed by atoms with E-state index in [-0.39, 0.29) is 41.0 Å². The summed E-state index contributed by atoms with van der Waals surface area (Å²) in [6.07, 6.45) is 0. The van der Waals surface area contributed by atoms with Crippen molar-refractivity contribution in [1.82, 2.24) is 25.5 Å². The number of methoxy groups -OCH3 is 1. The summed E-state index contributed by atoms with van der Waals surface area (Å²) in [6.45, 7) is 3.56. The van der Waals surface area contributed by atoms with Crippen molar-refractivity contribution in [2.45, 2.75) is 26.4 Å². The summed E-state index contributed by atoms with van der Waals surface area (Å²) in [5.74, 6) is -1.76. The van der Waals surface area contributed by atoms with Gasteiger partial charge in [-0.05, 0) is 30.7 Å². The van der Waals surface area contributed by atoms with Crippen LogP contribution in [-0.4, -0.2) is 52.5 Å². The molecule has 0 saturated heterocycles. The molecule has 2 aromatic rings. The van der Waals surface area contributed by atoms with Crippen LogP contribution in [0.25, 0.3) is 0 Å².